The van der Waals surface area contributed by atoms with Crippen LogP contribution in [0.1, 0.15) is 36.4 Å². The van der Waals surface area contributed by atoms with E-state index in [0.717, 1.165) is 24.0 Å². The average molecular weight is 422 g/mol. The van der Waals surface area contributed by atoms with Gasteiger partial charge in [-0.2, -0.15) is 0 Å². The fraction of sp³-hybridized carbons (Fsp3) is 0.360. The fourth-order valence-corrected chi connectivity index (χ4v) is 3.66. The molecular formula is C25H31N3O3. The molecule has 2 atom stereocenters. The molecule has 1 heterocycles. The van der Waals surface area contributed by atoms with Gasteiger partial charge in [-0.25, -0.2) is 0 Å². The van der Waals surface area contributed by atoms with E-state index in [4.69, 9.17) is 0 Å². The molecule has 2 aromatic carbocycles. The highest BCUT2D eigenvalue weighted by molar-refractivity contribution is 5.91. The first-order chi connectivity index (χ1) is 15.1. The third-order valence-corrected chi connectivity index (χ3v) is 5.40. The van der Waals surface area contributed by atoms with Crippen LogP contribution in [0.4, 0.5) is 0 Å². The summed E-state index contributed by atoms with van der Waals surface area (Å²) in [5, 5.41) is 16.7. The maximum absolute atomic E-state index is 12.7. The monoisotopic (exact) mass is 421 g/mol. The lowest BCUT2D eigenvalue weighted by atomic mass is 10.0. The number of carbonyl (C=O) groups excluding carboxylic acids is 2. The van der Waals surface area contributed by atoms with Gasteiger partial charge in [0.25, 0.3) is 5.91 Å². The van der Waals surface area contributed by atoms with Gasteiger partial charge in [0.1, 0.15) is 0 Å². The van der Waals surface area contributed by atoms with Crippen molar-refractivity contribution in [2.75, 3.05) is 26.2 Å². The van der Waals surface area contributed by atoms with E-state index in [1.54, 1.807) is 6.08 Å². The predicted octanol–water partition coefficient (Wildman–Crippen LogP) is 2.52. The van der Waals surface area contributed by atoms with Crippen molar-refractivity contribution in [2.24, 2.45) is 0 Å². The van der Waals surface area contributed by atoms with Gasteiger partial charge in [-0.3, -0.25) is 9.59 Å². The van der Waals surface area contributed by atoms with Gasteiger partial charge in [-0.1, -0.05) is 60.7 Å². The van der Waals surface area contributed by atoms with E-state index >= 15 is 0 Å². The van der Waals surface area contributed by atoms with E-state index in [0.29, 0.717) is 32.6 Å². The van der Waals surface area contributed by atoms with Crippen molar-refractivity contribution in [1.82, 2.24) is 15.5 Å². The molecule has 6 nitrogen and oxygen atoms in total. The van der Waals surface area contributed by atoms with Gasteiger partial charge >= 0.3 is 0 Å². The van der Waals surface area contributed by atoms with Crippen LogP contribution in [0.3, 0.4) is 0 Å². The third kappa shape index (κ3) is 7.05. The molecule has 0 bridgehead atoms. The zero-order valence-electron chi connectivity index (χ0n) is 17.7. The Balaban J connectivity index is 1.62. The van der Waals surface area contributed by atoms with Crippen LogP contribution >= 0.6 is 0 Å². The highest BCUT2D eigenvalue weighted by atomic mass is 16.3. The summed E-state index contributed by atoms with van der Waals surface area (Å²) >= 11 is 0. The van der Waals surface area contributed by atoms with Crippen molar-refractivity contribution in [3.63, 3.8) is 0 Å². The Bertz CT molecular complexity index is 855. The molecule has 1 saturated heterocycles. The number of aliphatic hydroxyl groups is 1. The van der Waals surface area contributed by atoms with E-state index < -0.39 is 18.1 Å². The molecule has 164 valence electrons. The predicted molar refractivity (Wildman–Crippen MR) is 122 cm³/mol. The van der Waals surface area contributed by atoms with Crippen LogP contribution in [0, 0.1) is 0 Å². The van der Waals surface area contributed by atoms with Gasteiger partial charge in [0, 0.05) is 25.7 Å². The quantitative estimate of drug-likeness (QED) is 0.666. The summed E-state index contributed by atoms with van der Waals surface area (Å²) in [4.78, 5) is 27.0. The minimum Gasteiger partial charge on any atom is -0.381 e. The summed E-state index contributed by atoms with van der Waals surface area (Å²) in [7, 11) is 0. The van der Waals surface area contributed by atoms with Crippen LogP contribution in [0.25, 0.3) is 6.08 Å². The Morgan fingerprint density at radius 1 is 0.935 bits per heavy atom. The number of aliphatic hydroxyl groups excluding tert-OH is 1. The topological polar surface area (TPSA) is 81.7 Å². The smallest absolute Gasteiger partial charge is 0.250 e. The van der Waals surface area contributed by atoms with Crippen molar-refractivity contribution in [3.05, 3.63) is 77.9 Å². The summed E-state index contributed by atoms with van der Waals surface area (Å²) in [6.45, 7) is 2.27. The SMILES string of the molecule is O=C1NCCCN(C(=O)/C=C/c2ccccc2)CCCCN[C@@H](c2ccccc2)[C@@H]1O. The molecule has 0 spiro atoms. The number of benzene rings is 2. The Labute approximate surface area is 184 Å². The van der Waals surface area contributed by atoms with Crippen LogP contribution in [-0.2, 0) is 9.59 Å². The van der Waals surface area contributed by atoms with Gasteiger partial charge in [0.05, 0.1) is 6.04 Å². The Morgan fingerprint density at radius 3 is 2.35 bits per heavy atom. The average Bonchev–Trinajstić information content (AvgIpc) is 2.82. The molecule has 1 fully saturated rings. The van der Waals surface area contributed by atoms with Gasteiger partial charge in [-0.05, 0) is 43.0 Å². The van der Waals surface area contributed by atoms with Crippen LogP contribution in [-0.4, -0.2) is 54.1 Å². The molecule has 0 saturated carbocycles. The number of rotatable bonds is 3. The van der Waals surface area contributed by atoms with Crippen molar-refractivity contribution in [1.29, 1.82) is 0 Å². The molecule has 2 amide bonds. The van der Waals surface area contributed by atoms with Gasteiger partial charge in [-0.15, -0.1) is 0 Å². The second-order valence-electron chi connectivity index (χ2n) is 7.71. The summed E-state index contributed by atoms with van der Waals surface area (Å²) in [6.07, 6.45) is 4.58. The maximum atomic E-state index is 12.7. The number of hydrogen-bond donors (Lipinski definition) is 3. The first kappa shape index (κ1) is 22.7. The molecule has 1 aliphatic rings. The molecule has 31 heavy (non-hydrogen) atoms. The Morgan fingerprint density at radius 2 is 1.61 bits per heavy atom. The first-order valence-electron chi connectivity index (χ1n) is 10.9. The number of amides is 2. The second kappa shape index (κ2) is 12.0. The number of nitrogens with one attached hydrogen (secondary N) is 2. The molecule has 1 aliphatic heterocycles. The lowest BCUT2D eigenvalue weighted by molar-refractivity contribution is -0.130. The number of carbonyl (C=O) groups is 2. The normalized spacial score (nSPS) is 21.6. The summed E-state index contributed by atoms with van der Waals surface area (Å²) in [5.41, 5.74) is 1.86. The molecule has 0 unspecified atom stereocenters. The molecule has 0 aliphatic carbocycles. The van der Waals surface area contributed by atoms with Gasteiger partial charge < -0.3 is 20.6 Å². The van der Waals surface area contributed by atoms with E-state index in [9.17, 15) is 14.7 Å². The molecule has 3 N–H and O–H groups in total. The number of hydrogen-bond acceptors (Lipinski definition) is 4. The minimum atomic E-state index is -1.17. The van der Waals surface area contributed by atoms with E-state index in [2.05, 4.69) is 10.6 Å². The summed E-state index contributed by atoms with van der Waals surface area (Å²) < 4.78 is 0. The van der Waals surface area contributed by atoms with Gasteiger partial charge in [0.15, 0.2) is 6.10 Å². The molecule has 6 heteroatoms. The van der Waals surface area contributed by atoms with E-state index in [1.807, 2.05) is 71.6 Å². The zero-order valence-corrected chi connectivity index (χ0v) is 17.7. The largest absolute Gasteiger partial charge is 0.381 e. The molecular weight excluding hydrogens is 390 g/mol. The van der Waals surface area contributed by atoms with E-state index in [-0.39, 0.29) is 5.91 Å². The lowest BCUT2D eigenvalue weighted by Gasteiger charge is -2.24. The molecule has 3 rings (SSSR count). The van der Waals surface area contributed by atoms with Crippen LogP contribution in [0.5, 0.6) is 0 Å². The first-order valence-corrected chi connectivity index (χ1v) is 10.9. The van der Waals surface area contributed by atoms with Crippen molar-refractivity contribution in [3.8, 4) is 0 Å². The zero-order chi connectivity index (χ0) is 21.9. The van der Waals surface area contributed by atoms with Crippen LogP contribution < -0.4 is 10.6 Å². The van der Waals surface area contributed by atoms with E-state index in [1.165, 1.54) is 0 Å². The van der Waals surface area contributed by atoms with Crippen LogP contribution in [0.15, 0.2) is 66.7 Å². The summed E-state index contributed by atoms with van der Waals surface area (Å²) in [6, 6.07) is 18.8. The lowest BCUT2D eigenvalue weighted by Crippen LogP contribution is -2.44. The second-order valence-corrected chi connectivity index (χ2v) is 7.71. The summed E-state index contributed by atoms with van der Waals surface area (Å²) in [5.74, 6) is -0.428. The van der Waals surface area contributed by atoms with Crippen LogP contribution in [0.2, 0.25) is 0 Å². The van der Waals surface area contributed by atoms with Crippen molar-refractivity contribution in [2.45, 2.75) is 31.4 Å². The standard InChI is InChI=1S/C25H31N3O3/c29-22(15-14-20-10-3-1-4-11-20)28-18-8-7-16-26-23(21-12-5-2-6-13-21)24(30)25(31)27-17-9-19-28/h1-6,10-15,23-24,26,30H,7-9,16-19H2,(H,27,31)/b15-14+/t23-,24-/m0/s1. The maximum Gasteiger partial charge on any atom is 0.250 e. The van der Waals surface area contributed by atoms with Crippen molar-refractivity contribution < 1.29 is 14.7 Å². The molecule has 0 aromatic heterocycles. The highest BCUT2D eigenvalue weighted by Gasteiger charge is 2.27. The van der Waals surface area contributed by atoms with Gasteiger partial charge in [0.2, 0.25) is 5.91 Å². The highest BCUT2D eigenvalue weighted by Crippen LogP contribution is 2.17. The number of nitrogens with zero attached hydrogens (tertiary/aromatic N) is 1. The molecule has 2 aromatic rings. The third-order valence-electron chi connectivity index (χ3n) is 5.40. The fourth-order valence-electron chi connectivity index (χ4n) is 3.66. The molecule has 0 radical (unpaired) electrons. The Hall–Kier alpha value is -2.96. The minimum absolute atomic E-state index is 0.0276. The Kier molecular flexibility index (Phi) is 8.82. The van der Waals surface area contributed by atoms with Crippen molar-refractivity contribution >= 4 is 17.9 Å².